The maximum Gasteiger partial charge on any atom is 0.220 e. The molecule has 0 aliphatic heterocycles. The molecule has 4 heteroatoms. The number of nitrogens with zero attached hydrogens (tertiary/aromatic N) is 2. The van der Waals surface area contributed by atoms with E-state index >= 15 is 0 Å². The Hall–Kier alpha value is -1.94. The normalized spacial score (nSPS) is 10.4. The van der Waals surface area contributed by atoms with Gasteiger partial charge in [0.05, 0.1) is 5.69 Å². The Bertz CT molecular complexity index is 491. The molecule has 0 atom stereocenters. The van der Waals surface area contributed by atoms with Gasteiger partial charge in [0.25, 0.3) is 0 Å². The molecule has 0 unspecified atom stereocenters. The summed E-state index contributed by atoms with van der Waals surface area (Å²) in [7, 11) is 0. The van der Waals surface area contributed by atoms with Crippen LogP contribution < -0.4 is 11.5 Å². The zero-order valence-electron chi connectivity index (χ0n) is 9.14. The number of nitrogens with two attached hydrogens (primary N) is 2. The topological polar surface area (TPSA) is 77.8 Å². The summed E-state index contributed by atoms with van der Waals surface area (Å²) in [6, 6.07) is 8.05. The maximum absolute atomic E-state index is 5.55. The lowest BCUT2D eigenvalue weighted by Gasteiger charge is -2.06. The zero-order valence-corrected chi connectivity index (χ0v) is 9.14. The summed E-state index contributed by atoms with van der Waals surface area (Å²) in [5.74, 6) is 0.305. The van der Waals surface area contributed by atoms with Gasteiger partial charge >= 0.3 is 0 Å². The lowest BCUT2D eigenvalue weighted by Crippen LogP contribution is -1.98. The Balaban J connectivity index is 2.42. The largest absolute Gasteiger partial charge is 0.368 e. The van der Waals surface area contributed by atoms with Crippen molar-refractivity contribution in [1.29, 1.82) is 0 Å². The monoisotopic (exact) mass is 214 g/mol. The third-order valence-corrected chi connectivity index (χ3v) is 2.50. The highest BCUT2D eigenvalue weighted by atomic mass is 15.0. The summed E-state index contributed by atoms with van der Waals surface area (Å²) in [4.78, 5) is 8.14. The highest BCUT2D eigenvalue weighted by Crippen LogP contribution is 2.21. The molecule has 0 amide bonds. The van der Waals surface area contributed by atoms with E-state index in [4.69, 9.17) is 11.5 Å². The first-order valence-electron chi connectivity index (χ1n) is 5.09. The molecule has 0 bridgehead atoms. The Labute approximate surface area is 94.3 Å². The van der Waals surface area contributed by atoms with Crippen LogP contribution in [-0.4, -0.2) is 9.97 Å². The van der Waals surface area contributed by atoms with Crippen LogP contribution in [0.2, 0.25) is 0 Å². The molecule has 0 radical (unpaired) electrons. The van der Waals surface area contributed by atoms with E-state index in [2.05, 4.69) is 9.97 Å². The maximum atomic E-state index is 5.55. The van der Waals surface area contributed by atoms with Gasteiger partial charge in [-0.1, -0.05) is 24.3 Å². The van der Waals surface area contributed by atoms with Gasteiger partial charge in [0, 0.05) is 18.3 Å². The minimum Gasteiger partial charge on any atom is -0.368 e. The van der Waals surface area contributed by atoms with Gasteiger partial charge in [-0.15, -0.1) is 0 Å². The van der Waals surface area contributed by atoms with E-state index in [1.165, 1.54) is 0 Å². The van der Waals surface area contributed by atoms with Crippen LogP contribution >= 0.6 is 0 Å². The minimum absolute atomic E-state index is 0.305. The Kier molecular flexibility index (Phi) is 2.83. The third kappa shape index (κ3) is 2.01. The number of rotatable bonds is 2. The molecule has 1 heterocycles. The molecule has 0 aliphatic carbocycles. The number of anilines is 1. The van der Waals surface area contributed by atoms with Crippen molar-refractivity contribution in [2.45, 2.75) is 13.5 Å². The molecule has 0 aliphatic rings. The van der Waals surface area contributed by atoms with Crippen LogP contribution in [0, 0.1) is 6.92 Å². The van der Waals surface area contributed by atoms with Crippen LogP contribution in [0.4, 0.5) is 5.95 Å². The molecular formula is C12H14N4. The average Bonchev–Trinajstić information content (AvgIpc) is 2.29. The summed E-state index contributed by atoms with van der Waals surface area (Å²) in [6.45, 7) is 2.47. The van der Waals surface area contributed by atoms with Gasteiger partial charge < -0.3 is 11.5 Å². The van der Waals surface area contributed by atoms with E-state index in [9.17, 15) is 0 Å². The van der Waals surface area contributed by atoms with Crippen molar-refractivity contribution in [1.82, 2.24) is 9.97 Å². The predicted molar refractivity (Wildman–Crippen MR) is 64.5 cm³/mol. The highest BCUT2D eigenvalue weighted by molar-refractivity contribution is 5.65. The van der Waals surface area contributed by atoms with E-state index in [0.717, 1.165) is 22.4 Å². The van der Waals surface area contributed by atoms with E-state index in [1.54, 1.807) is 6.20 Å². The molecule has 82 valence electrons. The highest BCUT2D eigenvalue weighted by Gasteiger charge is 2.04. The molecule has 1 aromatic carbocycles. The molecule has 4 nitrogen and oxygen atoms in total. The number of aryl methyl sites for hydroxylation is 1. The standard InChI is InChI=1S/C12H14N4/c1-8-11(7-15-12(14)16-8)10-4-2-9(6-13)3-5-10/h2-5,7H,6,13H2,1H3,(H2,14,15,16). The molecule has 16 heavy (non-hydrogen) atoms. The number of hydrogen-bond acceptors (Lipinski definition) is 4. The van der Waals surface area contributed by atoms with Crippen molar-refractivity contribution < 1.29 is 0 Å². The summed E-state index contributed by atoms with van der Waals surface area (Å²) in [6.07, 6.45) is 1.75. The van der Waals surface area contributed by atoms with Crippen LogP contribution in [0.5, 0.6) is 0 Å². The molecule has 0 saturated heterocycles. The van der Waals surface area contributed by atoms with Crippen LogP contribution in [0.1, 0.15) is 11.3 Å². The molecule has 4 N–H and O–H groups in total. The van der Waals surface area contributed by atoms with E-state index in [-0.39, 0.29) is 0 Å². The predicted octanol–water partition coefficient (Wildman–Crippen LogP) is 1.49. The molecule has 0 fully saturated rings. The number of benzene rings is 1. The van der Waals surface area contributed by atoms with Crippen LogP contribution in [0.25, 0.3) is 11.1 Å². The molecule has 2 rings (SSSR count). The second kappa shape index (κ2) is 4.28. The van der Waals surface area contributed by atoms with Gasteiger partial charge in [0.2, 0.25) is 5.95 Å². The van der Waals surface area contributed by atoms with Gasteiger partial charge in [-0.2, -0.15) is 0 Å². The van der Waals surface area contributed by atoms with Crippen LogP contribution in [0.3, 0.4) is 0 Å². The van der Waals surface area contributed by atoms with Gasteiger partial charge in [-0.3, -0.25) is 0 Å². The Morgan fingerprint density at radius 3 is 2.44 bits per heavy atom. The first kappa shape index (κ1) is 10.6. The lowest BCUT2D eigenvalue weighted by molar-refractivity contribution is 1.07. The molecule has 0 saturated carbocycles. The lowest BCUT2D eigenvalue weighted by atomic mass is 10.0. The molecule has 1 aromatic heterocycles. The minimum atomic E-state index is 0.305. The number of aromatic nitrogens is 2. The average molecular weight is 214 g/mol. The Morgan fingerprint density at radius 2 is 1.88 bits per heavy atom. The molecule has 0 spiro atoms. The third-order valence-electron chi connectivity index (χ3n) is 2.50. The second-order valence-corrected chi connectivity index (χ2v) is 3.63. The number of hydrogen-bond donors (Lipinski definition) is 2. The van der Waals surface area contributed by atoms with E-state index < -0.39 is 0 Å². The van der Waals surface area contributed by atoms with Crippen molar-refractivity contribution in [2.75, 3.05) is 5.73 Å². The fraction of sp³-hybridized carbons (Fsp3) is 0.167. The van der Waals surface area contributed by atoms with Gasteiger partial charge in [0.1, 0.15) is 0 Å². The zero-order chi connectivity index (χ0) is 11.5. The quantitative estimate of drug-likeness (QED) is 0.794. The van der Waals surface area contributed by atoms with Crippen molar-refractivity contribution in [3.8, 4) is 11.1 Å². The fourth-order valence-electron chi connectivity index (χ4n) is 1.59. The van der Waals surface area contributed by atoms with Gasteiger partial charge in [-0.05, 0) is 18.1 Å². The van der Waals surface area contributed by atoms with Crippen molar-refractivity contribution in [3.05, 3.63) is 41.7 Å². The Morgan fingerprint density at radius 1 is 1.19 bits per heavy atom. The summed E-state index contributed by atoms with van der Waals surface area (Å²) in [5.41, 5.74) is 15.1. The molecular weight excluding hydrogens is 200 g/mol. The van der Waals surface area contributed by atoms with Gasteiger partial charge in [-0.25, -0.2) is 9.97 Å². The summed E-state index contributed by atoms with van der Waals surface area (Å²) < 4.78 is 0. The van der Waals surface area contributed by atoms with E-state index in [1.807, 2.05) is 31.2 Å². The SMILES string of the molecule is Cc1nc(N)ncc1-c1ccc(CN)cc1. The van der Waals surface area contributed by atoms with Crippen LogP contribution in [0.15, 0.2) is 30.5 Å². The smallest absolute Gasteiger partial charge is 0.220 e. The van der Waals surface area contributed by atoms with Crippen molar-refractivity contribution >= 4 is 5.95 Å². The first-order chi connectivity index (χ1) is 7.70. The first-order valence-corrected chi connectivity index (χ1v) is 5.09. The summed E-state index contributed by atoms with van der Waals surface area (Å²) >= 11 is 0. The molecule has 2 aromatic rings. The van der Waals surface area contributed by atoms with E-state index in [0.29, 0.717) is 12.5 Å². The number of nitrogen functional groups attached to an aromatic ring is 1. The van der Waals surface area contributed by atoms with Crippen molar-refractivity contribution in [3.63, 3.8) is 0 Å². The van der Waals surface area contributed by atoms with Crippen LogP contribution in [-0.2, 0) is 6.54 Å². The summed E-state index contributed by atoms with van der Waals surface area (Å²) in [5, 5.41) is 0. The van der Waals surface area contributed by atoms with Gasteiger partial charge in [0.15, 0.2) is 0 Å². The fourth-order valence-corrected chi connectivity index (χ4v) is 1.59. The van der Waals surface area contributed by atoms with Crippen molar-refractivity contribution in [2.24, 2.45) is 5.73 Å². The second-order valence-electron chi connectivity index (χ2n) is 3.63.